The van der Waals surface area contributed by atoms with Crippen molar-refractivity contribution in [2.24, 2.45) is 5.41 Å². The fourth-order valence-electron chi connectivity index (χ4n) is 2.20. The number of pyridine rings is 1. The third kappa shape index (κ3) is 4.57. The van der Waals surface area contributed by atoms with Crippen LogP contribution in [0.5, 0.6) is 0 Å². The van der Waals surface area contributed by atoms with Crippen LogP contribution in [-0.2, 0) is 17.9 Å². The quantitative estimate of drug-likeness (QED) is 0.842. The molecule has 0 saturated heterocycles. The molecule has 0 fully saturated rings. The van der Waals surface area contributed by atoms with Crippen molar-refractivity contribution in [2.45, 2.75) is 33.9 Å². The van der Waals surface area contributed by atoms with E-state index in [9.17, 15) is 4.79 Å². The summed E-state index contributed by atoms with van der Waals surface area (Å²) >= 11 is 5.92. The van der Waals surface area contributed by atoms with Crippen LogP contribution in [0.25, 0.3) is 0 Å². The van der Waals surface area contributed by atoms with E-state index in [0.717, 1.165) is 11.1 Å². The minimum Gasteiger partial charge on any atom is -0.334 e. The molecule has 0 bridgehead atoms. The zero-order valence-electron chi connectivity index (χ0n) is 13.2. The number of rotatable bonds is 4. The second-order valence-corrected chi connectivity index (χ2v) is 6.84. The molecule has 0 unspecified atom stereocenters. The zero-order chi connectivity index (χ0) is 16.2. The van der Waals surface area contributed by atoms with E-state index in [2.05, 4.69) is 4.98 Å². The molecule has 4 heteroatoms. The largest absolute Gasteiger partial charge is 0.334 e. The molecule has 0 radical (unpaired) electrons. The highest BCUT2D eigenvalue weighted by Gasteiger charge is 2.27. The van der Waals surface area contributed by atoms with Crippen molar-refractivity contribution in [1.82, 2.24) is 9.88 Å². The number of hydrogen-bond acceptors (Lipinski definition) is 2. The summed E-state index contributed by atoms with van der Waals surface area (Å²) in [6, 6.07) is 11.5. The molecule has 0 aliphatic heterocycles. The topological polar surface area (TPSA) is 33.2 Å². The molecule has 0 N–H and O–H groups in total. The standard InChI is InChI=1S/C18H21ClN2O/c1-18(2,3)17(22)21(13-15-5-4-10-20-11-15)12-14-6-8-16(19)9-7-14/h4-11H,12-13H2,1-3H3. The Hall–Kier alpha value is -1.87. The van der Waals surface area contributed by atoms with E-state index in [1.54, 1.807) is 12.4 Å². The van der Waals surface area contributed by atoms with E-state index in [1.807, 2.05) is 62.1 Å². The van der Waals surface area contributed by atoms with Gasteiger partial charge in [0.25, 0.3) is 0 Å². The van der Waals surface area contributed by atoms with E-state index >= 15 is 0 Å². The Balaban J connectivity index is 2.21. The summed E-state index contributed by atoms with van der Waals surface area (Å²) in [4.78, 5) is 18.7. The average molecular weight is 317 g/mol. The summed E-state index contributed by atoms with van der Waals surface area (Å²) in [5.41, 5.74) is 1.66. The zero-order valence-corrected chi connectivity index (χ0v) is 14.0. The van der Waals surface area contributed by atoms with Gasteiger partial charge in [-0.25, -0.2) is 0 Å². The maximum Gasteiger partial charge on any atom is 0.228 e. The molecule has 0 atom stereocenters. The minimum absolute atomic E-state index is 0.117. The van der Waals surface area contributed by atoms with Crippen molar-refractivity contribution in [1.29, 1.82) is 0 Å². The van der Waals surface area contributed by atoms with Crippen LogP contribution in [-0.4, -0.2) is 15.8 Å². The summed E-state index contributed by atoms with van der Waals surface area (Å²) in [6.45, 7) is 6.92. The van der Waals surface area contributed by atoms with Gasteiger partial charge in [-0.2, -0.15) is 0 Å². The van der Waals surface area contributed by atoms with Crippen molar-refractivity contribution in [3.05, 3.63) is 64.9 Å². The molecule has 1 aromatic carbocycles. The number of hydrogen-bond donors (Lipinski definition) is 0. The fourth-order valence-corrected chi connectivity index (χ4v) is 2.32. The first-order chi connectivity index (χ1) is 10.4. The Bertz CT molecular complexity index is 618. The van der Waals surface area contributed by atoms with Crippen molar-refractivity contribution in [3.8, 4) is 0 Å². The molecule has 1 amide bonds. The second-order valence-electron chi connectivity index (χ2n) is 6.40. The van der Waals surface area contributed by atoms with Crippen LogP contribution in [0, 0.1) is 5.41 Å². The molecule has 116 valence electrons. The smallest absolute Gasteiger partial charge is 0.228 e. The summed E-state index contributed by atoms with van der Waals surface area (Å²) in [6.07, 6.45) is 3.53. The van der Waals surface area contributed by atoms with Gasteiger partial charge in [0.05, 0.1) is 0 Å². The molecule has 2 rings (SSSR count). The number of nitrogens with zero attached hydrogens (tertiary/aromatic N) is 2. The molecule has 0 aliphatic carbocycles. The maximum atomic E-state index is 12.7. The number of carbonyl (C=O) groups is 1. The van der Waals surface area contributed by atoms with E-state index in [0.29, 0.717) is 18.1 Å². The van der Waals surface area contributed by atoms with Crippen LogP contribution in [0.3, 0.4) is 0 Å². The number of amides is 1. The average Bonchev–Trinajstić information content (AvgIpc) is 2.48. The lowest BCUT2D eigenvalue weighted by molar-refractivity contribution is -0.140. The lowest BCUT2D eigenvalue weighted by Gasteiger charge is -2.29. The van der Waals surface area contributed by atoms with Crippen LogP contribution >= 0.6 is 11.6 Å². The Morgan fingerprint density at radius 1 is 1.09 bits per heavy atom. The molecule has 22 heavy (non-hydrogen) atoms. The predicted molar refractivity (Wildman–Crippen MR) is 89.4 cm³/mol. The predicted octanol–water partition coefficient (Wildman–Crippen LogP) is 4.31. The van der Waals surface area contributed by atoms with Crippen LogP contribution in [0.15, 0.2) is 48.8 Å². The summed E-state index contributed by atoms with van der Waals surface area (Å²) in [5.74, 6) is 0.117. The van der Waals surface area contributed by atoms with Gasteiger partial charge in [-0.05, 0) is 29.3 Å². The highest BCUT2D eigenvalue weighted by molar-refractivity contribution is 6.30. The molecule has 2 aromatic rings. The Morgan fingerprint density at radius 2 is 1.73 bits per heavy atom. The van der Waals surface area contributed by atoms with Crippen LogP contribution in [0.1, 0.15) is 31.9 Å². The van der Waals surface area contributed by atoms with Gasteiger partial charge >= 0.3 is 0 Å². The first kappa shape index (κ1) is 16.5. The molecular weight excluding hydrogens is 296 g/mol. The Labute approximate surface area is 136 Å². The van der Waals surface area contributed by atoms with Gasteiger partial charge in [0.15, 0.2) is 0 Å². The fraction of sp³-hybridized carbons (Fsp3) is 0.333. The molecule has 0 saturated carbocycles. The van der Waals surface area contributed by atoms with E-state index in [-0.39, 0.29) is 5.91 Å². The molecule has 1 aromatic heterocycles. The van der Waals surface area contributed by atoms with Gasteiger partial charge < -0.3 is 4.90 Å². The lowest BCUT2D eigenvalue weighted by Crippen LogP contribution is -2.38. The van der Waals surface area contributed by atoms with Gasteiger partial charge in [0.2, 0.25) is 5.91 Å². The second kappa shape index (κ2) is 6.93. The summed E-state index contributed by atoms with van der Waals surface area (Å²) < 4.78 is 0. The van der Waals surface area contributed by atoms with Crippen molar-refractivity contribution < 1.29 is 4.79 Å². The van der Waals surface area contributed by atoms with Crippen LogP contribution in [0.2, 0.25) is 5.02 Å². The van der Waals surface area contributed by atoms with Gasteiger partial charge in [-0.3, -0.25) is 9.78 Å². The van der Waals surface area contributed by atoms with E-state index in [4.69, 9.17) is 11.6 Å². The molecule has 1 heterocycles. The van der Waals surface area contributed by atoms with E-state index in [1.165, 1.54) is 0 Å². The van der Waals surface area contributed by atoms with Gasteiger partial charge in [-0.1, -0.05) is 50.6 Å². The number of aromatic nitrogens is 1. The molecule has 3 nitrogen and oxygen atoms in total. The first-order valence-corrected chi connectivity index (χ1v) is 7.67. The maximum absolute atomic E-state index is 12.7. The minimum atomic E-state index is -0.422. The number of halogens is 1. The van der Waals surface area contributed by atoms with Crippen LogP contribution < -0.4 is 0 Å². The lowest BCUT2D eigenvalue weighted by atomic mass is 9.94. The molecule has 0 spiro atoms. The summed E-state index contributed by atoms with van der Waals surface area (Å²) in [7, 11) is 0. The third-order valence-corrected chi connectivity index (χ3v) is 3.56. The Morgan fingerprint density at radius 3 is 2.27 bits per heavy atom. The monoisotopic (exact) mass is 316 g/mol. The normalized spacial score (nSPS) is 11.3. The van der Waals surface area contributed by atoms with Gasteiger partial charge in [-0.15, -0.1) is 0 Å². The SMILES string of the molecule is CC(C)(C)C(=O)N(Cc1ccc(Cl)cc1)Cc1cccnc1. The van der Waals surface area contributed by atoms with E-state index < -0.39 is 5.41 Å². The highest BCUT2D eigenvalue weighted by atomic mass is 35.5. The van der Waals surface area contributed by atoms with Crippen molar-refractivity contribution in [2.75, 3.05) is 0 Å². The van der Waals surface area contributed by atoms with Crippen molar-refractivity contribution >= 4 is 17.5 Å². The van der Waals surface area contributed by atoms with Crippen LogP contribution in [0.4, 0.5) is 0 Å². The number of benzene rings is 1. The summed E-state index contributed by atoms with van der Waals surface area (Å²) in [5, 5.41) is 0.699. The third-order valence-electron chi connectivity index (χ3n) is 3.31. The van der Waals surface area contributed by atoms with Gasteiger partial charge in [0.1, 0.15) is 0 Å². The molecular formula is C18H21ClN2O. The Kier molecular flexibility index (Phi) is 5.19. The highest BCUT2D eigenvalue weighted by Crippen LogP contribution is 2.21. The van der Waals surface area contributed by atoms with Gasteiger partial charge in [0, 0.05) is 35.9 Å². The first-order valence-electron chi connectivity index (χ1n) is 7.29. The molecule has 0 aliphatic rings. The number of carbonyl (C=O) groups excluding carboxylic acids is 1. The van der Waals surface area contributed by atoms with Crippen molar-refractivity contribution in [3.63, 3.8) is 0 Å².